The molecule has 0 aliphatic rings. The van der Waals surface area contributed by atoms with Crippen LogP contribution in [0.15, 0.2) is 24.3 Å². The molecule has 1 unspecified atom stereocenters. The normalized spacial score (nSPS) is 12.5. The van der Waals surface area contributed by atoms with Gasteiger partial charge in [0, 0.05) is 5.75 Å². The van der Waals surface area contributed by atoms with Crippen LogP contribution in [0.3, 0.4) is 0 Å². The average molecular weight is 329 g/mol. The van der Waals surface area contributed by atoms with Gasteiger partial charge in [-0.05, 0) is 38.5 Å². The molecule has 0 heterocycles. The molecule has 1 atom stereocenters. The van der Waals surface area contributed by atoms with Crippen LogP contribution in [-0.2, 0) is 9.53 Å². The fraction of sp³-hybridized carbons (Fsp3) is 0.467. The van der Waals surface area contributed by atoms with Gasteiger partial charge in [0.1, 0.15) is 11.4 Å². The third-order valence-electron chi connectivity index (χ3n) is 2.47. The number of ether oxygens (including phenoxy) is 1. The van der Waals surface area contributed by atoms with E-state index in [1.165, 1.54) is 12.1 Å². The Labute approximate surface area is 133 Å². The summed E-state index contributed by atoms with van der Waals surface area (Å²) in [5.74, 6) is -1.04. The molecule has 0 spiro atoms. The van der Waals surface area contributed by atoms with E-state index in [9.17, 15) is 14.0 Å². The van der Waals surface area contributed by atoms with Crippen LogP contribution in [0.1, 0.15) is 32.4 Å². The lowest BCUT2D eigenvalue weighted by Gasteiger charge is -2.23. The maximum Gasteiger partial charge on any atom is 0.408 e. The van der Waals surface area contributed by atoms with Crippen molar-refractivity contribution in [2.45, 2.75) is 32.4 Å². The van der Waals surface area contributed by atoms with E-state index in [4.69, 9.17) is 9.84 Å². The molecule has 0 aliphatic heterocycles. The lowest BCUT2D eigenvalue weighted by atomic mass is 10.1. The van der Waals surface area contributed by atoms with Gasteiger partial charge in [-0.1, -0.05) is 12.1 Å². The van der Waals surface area contributed by atoms with Crippen LogP contribution in [0.5, 0.6) is 0 Å². The van der Waals surface area contributed by atoms with E-state index in [0.717, 1.165) is 11.8 Å². The molecule has 1 aromatic carbocycles. The molecule has 122 valence electrons. The first-order valence-electron chi connectivity index (χ1n) is 6.72. The summed E-state index contributed by atoms with van der Waals surface area (Å²) in [7, 11) is 0. The van der Waals surface area contributed by atoms with E-state index in [-0.39, 0.29) is 11.6 Å². The fourth-order valence-corrected chi connectivity index (χ4v) is 2.43. The second kappa shape index (κ2) is 8.03. The highest BCUT2D eigenvalue weighted by Crippen LogP contribution is 2.20. The minimum Gasteiger partial charge on any atom is -0.481 e. The number of hydrogen-bond donors (Lipinski definition) is 2. The van der Waals surface area contributed by atoms with Gasteiger partial charge in [0.05, 0.1) is 11.8 Å². The summed E-state index contributed by atoms with van der Waals surface area (Å²) in [6, 6.07) is 5.24. The Bertz CT molecular complexity index is 513. The lowest BCUT2D eigenvalue weighted by molar-refractivity contribution is -0.133. The maximum absolute atomic E-state index is 13.0. The van der Waals surface area contributed by atoms with Crippen LogP contribution in [-0.4, -0.2) is 34.3 Å². The first kappa shape index (κ1) is 18.3. The van der Waals surface area contributed by atoms with E-state index in [1.54, 1.807) is 32.9 Å². The zero-order valence-corrected chi connectivity index (χ0v) is 13.6. The van der Waals surface area contributed by atoms with Crippen LogP contribution in [0.25, 0.3) is 0 Å². The molecular formula is C15H20FNO4S. The Hall–Kier alpha value is -1.76. The second-order valence-corrected chi connectivity index (χ2v) is 6.69. The summed E-state index contributed by atoms with van der Waals surface area (Å²) < 4.78 is 18.2. The Morgan fingerprint density at radius 2 is 1.91 bits per heavy atom. The van der Waals surface area contributed by atoms with Gasteiger partial charge in [0.25, 0.3) is 0 Å². The predicted molar refractivity (Wildman–Crippen MR) is 83.5 cm³/mol. The minimum absolute atomic E-state index is 0.0757. The highest BCUT2D eigenvalue weighted by Gasteiger charge is 2.21. The summed E-state index contributed by atoms with van der Waals surface area (Å²) >= 11 is 1.16. The molecule has 0 bridgehead atoms. The van der Waals surface area contributed by atoms with Crippen molar-refractivity contribution in [2.75, 3.05) is 11.5 Å². The molecule has 0 aromatic heterocycles. The molecule has 0 saturated heterocycles. The van der Waals surface area contributed by atoms with Crippen molar-refractivity contribution in [2.24, 2.45) is 0 Å². The highest BCUT2D eigenvalue weighted by atomic mass is 32.2. The number of aliphatic carboxylic acids is 1. The number of halogens is 1. The van der Waals surface area contributed by atoms with Crippen molar-refractivity contribution in [1.29, 1.82) is 0 Å². The van der Waals surface area contributed by atoms with E-state index < -0.39 is 23.7 Å². The van der Waals surface area contributed by atoms with Crippen LogP contribution in [0.4, 0.5) is 9.18 Å². The van der Waals surface area contributed by atoms with Gasteiger partial charge in [-0.2, -0.15) is 0 Å². The summed E-state index contributed by atoms with van der Waals surface area (Å²) in [6.07, 6.45) is -0.599. The standard InChI is InChI=1S/C15H20FNO4S/c1-15(2,3)21-14(20)17-12(8-22-9-13(18)19)10-4-6-11(16)7-5-10/h4-7,12H,8-9H2,1-3H3,(H,17,20)(H,18,19). The van der Waals surface area contributed by atoms with Gasteiger partial charge < -0.3 is 15.2 Å². The van der Waals surface area contributed by atoms with Gasteiger partial charge in [0.2, 0.25) is 0 Å². The number of alkyl carbamates (subject to hydrolysis) is 1. The summed E-state index contributed by atoms with van der Waals surface area (Å²) in [6.45, 7) is 5.25. The zero-order chi connectivity index (χ0) is 16.8. The third kappa shape index (κ3) is 7.31. The van der Waals surface area contributed by atoms with Gasteiger partial charge >= 0.3 is 12.1 Å². The zero-order valence-electron chi connectivity index (χ0n) is 12.8. The Balaban J connectivity index is 2.75. The molecule has 0 aliphatic carbocycles. The number of carbonyl (C=O) groups is 2. The highest BCUT2D eigenvalue weighted by molar-refractivity contribution is 7.99. The SMILES string of the molecule is CC(C)(C)OC(=O)NC(CSCC(=O)O)c1ccc(F)cc1. The van der Waals surface area contributed by atoms with Gasteiger partial charge in [-0.3, -0.25) is 4.79 Å². The molecule has 1 aromatic rings. The van der Waals surface area contributed by atoms with E-state index in [0.29, 0.717) is 11.3 Å². The maximum atomic E-state index is 13.0. The average Bonchev–Trinajstić information content (AvgIpc) is 2.36. The predicted octanol–water partition coefficient (Wildman–Crippen LogP) is 3.21. The molecule has 5 nitrogen and oxygen atoms in total. The van der Waals surface area contributed by atoms with Crippen molar-refractivity contribution >= 4 is 23.8 Å². The minimum atomic E-state index is -0.930. The molecule has 1 rings (SSSR count). The molecule has 0 saturated carbocycles. The Morgan fingerprint density at radius 3 is 2.41 bits per heavy atom. The van der Waals surface area contributed by atoms with E-state index in [2.05, 4.69) is 5.32 Å². The Morgan fingerprint density at radius 1 is 1.32 bits per heavy atom. The lowest BCUT2D eigenvalue weighted by Crippen LogP contribution is -2.36. The topological polar surface area (TPSA) is 75.6 Å². The van der Waals surface area contributed by atoms with Crippen LogP contribution >= 0.6 is 11.8 Å². The van der Waals surface area contributed by atoms with Crippen molar-refractivity contribution < 1.29 is 23.8 Å². The molecular weight excluding hydrogens is 309 g/mol. The fourth-order valence-electron chi connectivity index (χ4n) is 1.63. The van der Waals surface area contributed by atoms with Crippen molar-refractivity contribution in [3.63, 3.8) is 0 Å². The quantitative estimate of drug-likeness (QED) is 0.838. The van der Waals surface area contributed by atoms with Crippen LogP contribution < -0.4 is 5.32 Å². The number of carboxylic acids is 1. The number of hydrogen-bond acceptors (Lipinski definition) is 4. The largest absolute Gasteiger partial charge is 0.481 e. The number of carbonyl (C=O) groups excluding carboxylic acids is 1. The number of benzene rings is 1. The van der Waals surface area contributed by atoms with Crippen LogP contribution in [0, 0.1) is 5.82 Å². The summed E-state index contributed by atoms with van der Waals surface area (Å²) in [4.78, 5) is 22.5. The third-order valence-corrected chi connectivity index (χ3v) is 3.49. The van der Waals surface area contributed by atoms with E-state index >= 15 is 0 Å². The first-order valence-corrected chi connectivity index (χ1v) is 7.87. The van der Waals surface area contributed by atoms with Crippen molar-refractivity contribution in [3.8, 4) is 0 Å². The van der Waals surface area contributed by atoms with Crippen molar-refractivity contribution in [3.05, 3.63) is 35.6 Å². The smallest absolute Gasteiger partial charge is 0.408 e. The monoisotopic (exact) mass is 329 g/mol. The molecule has 7 heteroatoms. The first-order chi connectivity index (χ1) is 10.2. The van der Waals surface area contributed by atoms with Crippen LogP contribution in [0.2, 0.25) is 0 Å². The summed E-state index contributed by atoms with van der Waals surface area (Å²) in [5, 5.41) is 11.4. The van der Waals surface area contributed by atoms with Gasteiger partial charge in [0.15, 0.2) is 0 Å². The summed E-state index contributed by atoms with van der Waals surface area (Å²) in [5.41, 5.74) is 0.0520. The molecule has 0 fully saturated rings. The number of rotatable bonds is 6. The molecule has 22 heavy (non-hydrogen) atoms. The van der Waals surface area contributed by atoms with Gasteiger partial charge in [-0.15, -0.1) is 11.8 Å². The van der Waals surface area contributed by atoms with Crippen molar-refractivity contribution in [1.82, 2.24) is 5.32 Å². The second-order valence-electron chi connectivity index (χ2n) is 5.66. The van der Waals surface area contributed by atoms with Gasteiger partial charge in [-0.25, -0.2) is 9.18 Å². The molecule has 0 radical (unpaired) electrons. The van der Waals surface area contributed by atoms with E-state index in [1.807, 2.05) is 0 Å². The molecule has 1 amide bonds. The number of thioether (sulfide) groups is 1. The number of nitrogens with one attached hydrogen (secondary N) is 1. The molecule has 2 N–H and O–H groups in total. The number of carboxylic acid groups (broad SMARTS) is 1. The number of amides is 1. The Kier molecular flexibility index (Phi) is 6.67.